The molecule has 2 heterocycles. The van der Waals surface area contributed by atoms with Crippen LogP contribution in [-0.2, 0) is 6.54 Å². The van der Waals surface area contributed by atoms with Crippen molar-refractivity contribution in [1.82, 2.24) is 19.7 Å². The molecule has 0 fully saturated rings. The predicted octanol–water partition coefficient (Wildman–Crippen LogP) is 5.45. The number of nitrogens with one attached hydrogen (secondary N) is 1. The molecule has 2 aromatic carbocycles. The molecule has 2 aromatic heterocycles. The van der Waals surface area contributed by atoms with E-state index in [1.54, 1.807) is 19.1 Å². The lowest BCUT2D eigenvalue weighted by Crippen LogP contribution is -2.24. The summed E-state index contributed by atoms with van der Waals surface area (Å²) >= 11 is 5.91. The molecule has 0 unspecified atom stereocenters. The Kier molecular flexibility index (Phi) is 5.84. The predicted molar refractivity (Wildman–Crippen MR) is 120 cm³/mol. The summed E-state index contributed by atoms with van der Waals surface area (Å²) in [4.78, 5) is 13.0. The van der Waals surface area contributed by atoms with Crippen molar-refractivity contribution in [3.63, 3.8) is 0 Å². The van der Waals surface area contributed by atoms with Crippen molar-refractivity contribution in [2.75, 3.05) is 0 Å². The molecule has 0 radical (unpaired) electrons. The number of rotatable bonds is 5. The third kappa shape index (κ3) is 4.03. The van der Waals surface area contributed by atoms with Gasteiger partial charge < -0.3 is 9.88 Å². The second-order valence-electron chi connectivity index (χ2n) is 7.57. The quantitative estimate of drug-likeness (QED) is 0.436. The zero-order valence-corrected chi connectivity index (χ0v) is 18.5. The van der Waals surface area contributed by atoms with Gasteiger partial charge in [0.15, 0.2) is 11.5 Å². The highest BCUT2D eigenvalue weighted by Crippen LogP contribution is 2.27. The largest absolute Gasteiger partial charge is 0.347 e. The Morgan fingerprint density at radius 3 is 2.28 bits per heavy atom. The first kappa shape index (κ1) is 21.8. The Morgan fingerprint density at radius 1 is 1.00 bits per heavy atom. The minimum Gasteiger partial charge on any atom is -0.347 e. The second kappa shape index (κ2) is 8.59. The van der Waals surface area contributed by atoms with E-state index in [0.717, 1.165) is 29.1 Å². The van der Waals surface area contributed by atoms with Crippen molar-refractivity contribution in [3.05, 3.63) is 99.5 Å². The Balaban J connectivity index is 1.78. The Morgan fingerprint density at radius 2 is 1.66 bits per heavy atom. The molecular formula is C24H21ClF2N4O. The molecule has 0 saturated heterocycles. The molecule has 1 N–H and O–H groups in total. The topological polar surface area (TPSA) is 51.9 Å². The van der Waals surface area contributed by atoms with Gasteiger partial charge >= 0.3 is 0 Å². The lowest BCUT2D eigenvalue weighted by molar-refractivity contribution is 0.0945. The van der Waals surface area contributed by atoms with Crippen LogP contribution in [0.1, 0.15) is 33.0 Å². The van der Waals surface area contributed by atoms with Gasteiger partial charge in [-0.25, -0.2) is 13.5 Å². The van der Waals surface area contributed by atoms with E-state index < -0.39 is 17.5 Å². The Bertz CT molecular complexity index is 1290. The maximum Gasteiger partial charge on any atom is 0.272 e. The maximum absolute atomic E-state index is 14.7. The van der Waals surface area contributed by atoms with Gasteiger partial charge in [-0.15, -0.1) is 0 Å². The molecule has 8 heteroatoms. The van der Waals surface area contributed by atoms with Crippen LogP contribution in [0.15, 0.2) is 54.6 Å². The van der Waals surface area contributed by atoms with Crippen molar-refractivity contribution in [3.8, 4) is 11.5 Å². The average Bonchev–Trinajstić information content (AvgIpc) is 3.25. The summed E-state index contributed by atoms with van der Waals surface area (Å²) in [5, 5.41) is 7.89. The summed E-state index contributed by atoms with van der Waals surface area (Å²) in [6.07, 6.45) is 0. The monoisotopic (exact) mass is 454 g/mol. The number of carbonyl (C=O) groups excluding carboxylic acids is 1. The Labute approximate surface area is 189 Å². The second-order valence-corrected chi connectivity index (χ2v) is 8.00. The van der Waals surface area contributed by atoms with Crippen LogP contribution < -0.4 is 5.32 Å². The van der Waals surface area contributed by atoms with E-state index >= 15 is 0 Å². The molecule has 0 atom stereocenters. The fourth-order valence-electron chi connectivity index (χ4n) is 3.66. The number of carbonyl (C=O) groups is 1. The van der Waals surface area contributed by atoms with E-state index in [1.807, 2.05) is 42.7 Å². The summed E-state index contributed by atoms with van der Waals surface area (Å²) in [6, 6.07) is 14.2. The number of nitrogens with zero attached hydrogens (tertiary/aromatic N) is 3. The standard InChI is InChI=1S/C24H21ClF2N4O/c1-14-4-5-15(2)30(14)24-16(3)22(23(32)28-13-17-6-8-18(25)9-7-17)29-31(24)21-11-10-19(26)12-20(21)27/h4-12H,13H2,1-3H3,(H,28,32). The molecule has 5 nitrogen and oxygen atoms in total. The van der Waals surface area contributed by atoms with Crippen LogP contribution in [-0.4, -0.2) is 20.3 Å². The normalized spacial score (nSPS) is 11.1. The van der Waals surface area contributed by atoms with Gasteiger partial charge in [0, 0.05) is 34.6 Å². The molecule has 0 spiro atoms. The van der Waals surface area contributed by atoms with Gasteiger partial charge in [-0.1, -0.05) is 23.7 Å². The third-order valence-corrected chi connectivity index (χ3v) is 5.55. The van der Waals surface area contributed by atoms with Gasteiger partial charge in [0.1, 0.15) is 17.3 Å². The van der Waals surface area contributed by atoms with Crippen LogP contribution in [0.3, 0.4) is 0 Å². The minimum absolute atomic E-state index is 0.0498. The Hall–Kier alpha value is -3.45. The lowest BCUT2D eigenvalue weighted by atomic mass is 10.2. The molecule has 0 saturated carbocycles. The fourth-order valence-corrected chi connectivity index (χ4v) is 3.78. The summed E-state index contributed by atoms with van der Waals surface area (Å²) < 4.78 is 31.4. The van der Waals surface area contributed by atoms with Crippen molar-refractivity contribution >= 4 is 17.5 Å². The van der Waals surface area contributed by atoms with E-state index in [2.05, 4.69) is 10.4 Å². The minimum atomic E-state index is -0.774. The molecule has 0 aliphatic carbocycles. The fraction of sp³-hybridized carbons (Fsp3) is 0.167. The van der Waals surface area contributed by atoms with E-state index in [9.17, 15) is 13.6 Å². The first-order valence-electron chi connectivity index (χ1n) is 9.99. The van der Waals surface area contributed by atoms with Crippen molar-refractivity contribution in [2.24, 2.45) is 0 Å². The van der Waals surface area contributed by atoms with Gasteiger partial charge in [0.05, 0.1) is 0 Å². The van der Waals surface area contributed by atoms with Gasteiger partial charge in [-0.3, -0.25) is 4.79 Å². The number of benzene rings is 2. The molecule has 32 heavy (non-hydrogen) atoms. The van der Waals surface area contributed by atoms with Gasteiger partial charge in [0.25, 0.3) is 5.91 Å². The summed E-state index contributed by atoms with van der Waals surface area (Å²) in [5.41, 5.74) is 3.44. The number of hydrogen-bond donors (Lipinski definition) is 1. The smallest absolute Gasteiger partial charge is 0.272 e. The van der Waals surface area contributed by atoms with Crippen LogP contribution in [0.4, 0.5) is 8.78 Å². The molecule has 0 aliphatic rings. The van der Waals surface area contributed by atoms with Crippen molar-refractivity contribution in [1.29, 1.82) is 0 Å². The first-order valence-corrected chi connectivity index (χ1v) is 10.4. The number of aromatic nitrogens is 3. The van der Waals surface area contributed by atoms with Crippen LogP contribution in [0, 0.1) is 32.4 Å². The van der Waals surface area contributed by atoms with Crippen LogP contribution in [0.5, 0.6) is 0 Å². The molecule has 1 amide bonds. The number of amides is 1. The number of aryl methyl sites for hydroxylation is 2. The molecule has 4 rings (SSSR count). The molecular weight excluding hydrogens is 434 g/mol. The maximum atomic E-state index is 14.7. The SMILES string of the molecule is Cc1c(C(=O)NCc2ccc(Cl)cc2)nn(-c2ccc(F)cc2F)c1-n1c(C)ccc1C. The molecule has 0 bridgehead atoms. The zero-order valence-electron chi connectivity index (χ0n) is 17.8. The van der Waals surface area contributed by atoms with E-state index in [0.29, 0.717) is 16.4 Å². The van der Waals surface area contributed by atoms with Crippen molar-refractivity contribution < 1.29 is 13.6 Å². The van der Waals surface area contributed by atoms with Crippen LogP contribution in [0.25, 0.3) is 11.5 Å². The lowest BCUT2D eigenvalue weighted by Gasteiger charge is -2.14. The highest BCUT2D eigenvalue weighted by atomic mass is 35.5. The highest BCUT2D eigenvalue weighted by molar-refractivity contribution is 6.30. The first-order chi connectivity index (χ1) is 15.3. The summed E-state index contributed by atoms with van der Waals surface area (Å²) in [5.74, 6) is -1.34. The average molecular weight is 455 g/mol. The van der Waals surface area contributed by atoms with E-state index in [4.69, 9.17) is 11.6 Å². The van der Waals surface area contributed by atoms with E-state index in [-0.39, 0.29) is 17.9 Å². The van der Waals surface area contributed by atoms with Gasteiger partial charge in [-0.2, -0.15) is 5.10 Å². The van der Waals surface area contributed by atoms with Gasteiger partial charge in [-0.05, 0) is 62.7 Å². The van der Waals surface area contributed by atoms with Crippen molar-refractivity contribution in [2.45, 2.75) is 27.3 Å². The summed E-state index contributed by atoms with van der Waals surface area (Å²) in [7, 11) is 0. The van der Waals surface area contributed by atoms with Gasteiger partial charge in [0.2, 0.25) is 0 Å². The summed E-state index contributed by atoms with van der Waals surface area (Å²) in [6.45, 7) is 5.86. The van der Waals surface area contributed by atoms with E-state index in [1.165, 1.54) is 10.7 Å². The molecule has 0 aliphatic heterocycles. The van der Waals surface area contributed by atoms with Crippen LogP contribution in [0.2, 0.25) is 5.02 Å². The number of halogens is 3. The highest BCUT2D eigenvalue weighted by Gasteiger charge is 2.25. The van der Waals surface area contributed by atoms with Crippen LogP contribution >= 0.6 is 11.6 Å². The molecule has 164 valence electrons. The number of hydrogen-bond acceptors (Lipinski definition) is 2. The molecule has 4 aromatic rings. The zero-order chi connectivity index (χ0) is 23.0. The third-order valence-electron chi connectivity index (χ3n) is 5.29.